The van der Waals surface area contributed by atoms with Gasteiger partial charge in [0.1, 0.15) is 0 Å². The van der Waals surface area contributed by atoms with Crippen LogP contribution in [0.4, 0.5) is 5.69 Å². The number of hydrogen-bond acceptors (Lipinski definition) is 2. The molecule has 108 valence electrons. The van der Waals surface area contributed by atoms with Gasteiger partial charge in [0.2, 0.25) is 0 Å². The molecule has 1 rings (SSSR count). The van der Waals surface area contributed by atoms with Gasteiger partial charge in [0.25, 0.3) is 0 Å². The van der Waals surface area contributed by atoms with E-state index >= 15 is 0 Å². The molecular weight excluding hydrogens is 300 g/mol. The van der Waals surface area contributed by atoms with E-state index in [2.05, 4.69) is 59.8 Å². The molecule has 1 atom stereocenters. The first-order chi connectivity index (χ1) is 9.13. The Kier molecular flexibility index (Phi) is 7.47. The first-order valence-corrected chi connectivity index (χ1v) is 8.18. The van der Waals surface area contributed by atoms with Crippen LogP contribution in [0.15, 0.2) is 22.7 Å². The maximum atomic E-state index is 5.75. The third-order valence-electron chi connectivity index (χ3n) is 3.64. The van der Waals surface area contributed by atoms with Crippen LogP contribution >= 0.6 is 15.9 Å². The number of hydrogen-bond donors (Lipinski definition) is 1. The molecule has 0 aromatic heterocycles. The molecule has 0 amide bonds. The summed E-state index contributed by atoms with van der Waals surface area (Å²) in [6.45, 7) is 8.64. The highest BCUT2D eigenvalue weighted by Crippen LogP contribution is 2.27. The van der Waals surface area contributed by atoms with Crippen LogP contribution in [-0.4, -0.2) is 19.1 Å². The predicted molar refractivity (Wildman–Crippen MR) is 88.9 cm³/mol. The minimum atomic E-state index is 0.573. The van der Waals surface area contributed by atoms with Crippen molar-refractivity contribution in [2.45, 2.75) is 52.5 Å². The van der Waals surface area contributed by atoms with Crippen molar-refractivity contribution in [2.24, 2.45) is 5.73 Å². The van der Waals surface area contributed by atoms with E-state index in [1.165, 1.54) is 30.5 Å². The molecule has 0 heterocycles. The summed E-state index contributed by atoms with van der Waals surface area (Å²) in [5.41, 5.74) is 8.47. The van der Waals surface area contributed by atoms with E-state index in [1.807, 2.05) is 0 Å². The summed E-state index contributed by atoms with van der Waals surface area (Å²) in [5, 5.41) is 0. The second-order valence-electron chi connectivity index (χ2n) is 5.12. The van der Waals surface area contributed by atoms with Gasteiger partial charge in [0.05, 0.1) is 0 Å². The molecule has 0 radical (unpaired) electrons. The fourth-order valence-corrected chi connectivity index (χ4v) is 2.73. The molecule has 1 aromatic carbocycles. The number of unbranched alkanes of at least 4 members (excludes halogenated alkanes) is 1. The van der Waals surface area contributed by atoms with Crippen molar-refractivity contribution in [3.8, 4) is 0 Å². The molecule has 0 bridgehead atoms. The summed E-state index contributed by atoms with van der Waals surface area (Å²) in [4.78, 5) is 2.54. The molecule has 3 heteroatoms. The molecule has 2 N–H and O–H groups in total. The smallest absolute Gasteiger partial charge is 0.0402 e. The zero-order valence-corrected chi connectivity index (χ0v) is 14.0. The summed E-state index contributed by atoms with van der Waals surface area (Å²) in [6.07, 6.45) is 4.58. The normalized spacial score (nSPS) is 12.5. The minimum absolute atomic E-state index is 0.573. The number of rotatable bonds is 8. The number of nitrogens with two attached hydrogens (primary N) is 1. The topological polar surface area (TPSA) is 29.3 Å². The first-order valence-electron chi connectivity index (χ1n) is 7.39. The lowest BCUT2D eigenvalue weighted by molar-refractivity contribution is 0.593. The Bertz CT molecular complexity index is 379. The van der Waals surface area contributed by atoms with Crippen LogP contribution in [0.3, 0.4) is 0 Å². The van der Waals surface area contributed by atoms with Crippen LogP contribution in [0.2, 0.25) is 0 Å². The van der Waals surface area contributed by atoms with Crippen LogP contribution in [0.5, 0.6) is 0 Å². The van der Waals surface area contributed by atoms with Crippen molar-refractivity contribution < 1.29 is 0 Å². The Balaban J connectivity index is 3.05. The fourth-order valence-electron chi connectivity index (χ4n) is 2.32. The zero-order chi connectivity index (χ0) is 14.3. The van der Waals surface area contributed by atoms with E-state index in [1.54, 1.807) is 0 Å². The monoisotopic (exact) mass is 326 g/mol. The number of benzene rings is 1. The van der Waals surface area contributed by atoms with Gasteiger partial charge in [-0.1, -0.05) is 36.2 Å². The van der Waals surface area contributed by atoms with Crippen LogP contribution < -0.4 is 10.6 Å². The average Bonchev–Trinajstić information content (AvgIpc) is 2.41. The molecule has 19 heavy (non-hydrogen) atoms. The molecule has 0 saturated heterocycles. The molecule has 2 nitrogen and oxygen atoms in total. The molecule has 0 saturated carbocycles. The molecule has 0 aliphatic rings. The van der Waals surface area contributed by atoms with Gasteiger partial charge in [-0.2, -0.15) is 0 Å². The zero-order valence-electron chi connectivity index (χ0n) is 12.5. The summed E-state index contributed by atoms with van der Waals surface area (Å²) in [7, 11) is 0. The van der Waals surface area contributed by atoms with E-state index in [-0.39, 0.29) is 0 Å². The van der Waals surface area contributed by atoms with Gasteiger partial charge in [0, 0.05) is 22.7 Å². The number of halogens is 1. The van der Waals surface area contributed by atoms with Crippen molar-refractivity contribution in [3.05, 3.63) is 28.2 Å². The second kappa shape index (κ2) is 8.60. The first kappa shape index (κ1) is 16.5. The Morgan fingerprint density at radius 3 is 2.63 bits per heavy atom. The van der Waals surface area contributed by atoms with Gasteiger partial charge in [-0.15, -0.1) is 0 Å². The van der Waals surface area contributed by atoms with Crippen molar-refractivity contribution in [3.63, 3.8) is 0 Å². The lowest BCUT2D eigenvalue weighted by Crippen LogP contribution is -2.34. The summed E-state index contributed by atoms with van der Waals surface area (Å²) in [5.74, 6) is 0. The largest absolute Gasteiger partial charge is 0.369 e. The van der Waals surface area contributed by atoms with Crippen LogP contribution in [0.25, 0.3) is 0 Å². The SMILES string of the molecule is CCCCN(c1ccc(Br)cc1CCN)C(C)CC. The summed E-state index contributed by atoms with van der Waals surface area (Å²) < 4.78 is 1.14. The van der Waals surface area contributed by atoms with Crippen LogP contribution in [0.1, 0.15) is 45.6 Å². The van der Waals surface area contributed by atoms with Gasteiger partial charge in [-0.3, -0.25) is 0 Å². The van der Waals surface area contributed by atoms with Crippen LogP contribution in [-0.2, 0) is 6.42 Å². The summed E-state index contributed by atoms with van der Waals surface area (Å²) in [6, 6.07) is 7.15. The quantitative estimate of drug-likeness (QED) is 0.769. The van der Waals surface area contributed by atoms with Gasteiger partial charge in [-0.05, 0) is 56.5 Å². The van der Waals surface area contributed by atoms with Crippen molar-refractivity contribution >= 4 is 21.6 Å². The highest BCUT2D eigenvalue weighted by atomic mass is 79.9. The Labute approximate surface area is 126 Å². The van der Waals surface area contributed by atoms with E-state index in [0.717, 1.165) is 17.4 Å². The molecule has 1 unspecified atom stereocenters. The molecule has 0 fully saturated rings. The molecule has 0 aliphatic heterocycles. The van der Waals surface area contributed by atoms with Gasteiger partial charge in [0.15, 0.2) is 0 Å². The Hall–Kier alpha value is -0.540. The molecular formula is C16H27BrN2. The third kappa shape index (κ3) is 4.81. The predicted octanol–water partition coefficient (Wildman–Crippen LogP) is 4.36. The summed E-state index contributed by atoms with van der Waals surface area (Å²) >= 11 is 3.56. The highest BCUT2D eigenvalue weighted by molar-refractivity contribution is 9.10. The number of nitrogens with zero attached hydrogens (tertiary/aromatic N) is 1. The van der Waals surface area contributed by atoms with Crippen molar-refractivity contribution in [1.29, 1.82) is 0 Å². The highest BCUT2D eigenvalue weighted by Gasteiger charge is 2.15. The van der Waals surface area contributed by atoms with Crippen molar-refractivity contribution in [1.82, 2.24) is 0 Å². The third-order valence-corrected chi connectivity index (χ3v) is 4.13. The average molecular weight is 327 g/mol. The van der Waals surface area contributed by atoms with Crippen molar-refractivity contribution in [2.75, 3.05) is 18.0 Å². The second-order valence-corrected chi connectivity index (χ2v) is 6.03. The van der Waals surface area contributed by atoms with Gasteiger partial charge >= 0.3 is 0 Å². The van der Waals surface area contributed by atoms with E-state index < -0.39 is 0 Å². The lowest BCUT2D eigenvalue weighted by Gasteiger charge is -2.32. The van der Waals surface area contributed by atoms with Crippen LogP contribution in [0, 0.1) is 0 Å². The lowest BCUT2D eigenvalue weighted by atomic mass is 10.1. The van der Waals surface area contributed by atoms with Gasteiger partial charge in [-0.25, -0.2) is 0 Å². The van der Waals surface area contributed by atoms with Gasteiger partial charge < -0.3 is 10.6 Å². The molecule has 0 spiro atoms. The Morgan fingerprint density at radius 2 is 2.05 bits per heavy atom. The Morgan fingerprint density at radius 1 is 1.32 bits per heavy atom. The molecule has 0 aliphatic carbocycles. The van der Waals surface area contributed by atoms with E-state index in [0.29, 0.717) is 12.6 Å². The van der Waals surface area contributed by atoms with E-state index in [9.17, 15) is 0 Å². The van der Waals surface area contributed by atoms with E-state index in [4.69, 9.17) is 5.73 Å². The maximum Gasteiger partial charge on any atom is 0.0402 e. The minimum Gasteiger partial charge on any atom is -0.369 e. The standard InChI is InChI=1S/C16H27BrN2/c1-4-6-11-19(13(3)5-2)16-8-7-15(17)12-14(16)9-10-18/h7-8,12-13H,4-6,9-11,18H2,1-3H3. The fraction of sp³-hybridized carbons (Fsp3) is 0.625. The number of anilines is 1. The maximum absolute atomic E-state index is 5.75. The molecule has 1 aromatic rings.